The second-order valence-corrected chi connectivity index (χ2v) is 7.65. The molecule has 1 saturated heterocycles. The maximum absolute atomic E-state index is 12.4. The van der Waals surface area contributed by atoms with Crippen LogP contribution in [0.25, 0.3) is 10.6 Å². The number of hydrogen-bond donors (Lipinski definition) is 0. The molecule has 1 aromatic heterocycles. The van der Waals surface area contributed by atoms with Gasteiger partial charge in [0, 0.05) is 24.6 Å². The lowest BCUT2D eigenvalue weighted by Crippen LogP contribution is -2.39. The zero-order chi connectivity index (χ0) is 18.5. The van der Waals surface area contributed by atoms with E-state index in [4.69, 9.17) is 4.74 Å². The summed E-state index contributed by atoms with van der Waals surface area (Å²) in [5.74, 6) is 0.220. The van der Waals surface area contributed by atoms with Gasteiger partial charge < -0.3 is 9.64 Å². The molecule has 0 radical (unpaired) electrons. The van der Waals surface area contributed by atoms with Crippen LogP contribution in [0.5, 0.6) is 0 Å². The number of nitrogens with zero attached hydrogens (tertiary/aromatic N) is 3. The summed E-state index contributed by atoms with van der Waals surface area (Å²) in [6, 6.07) is 19.8. The predicted molar refractivity (Wildman–Crippen MR) is 106 cm³/mol. The third-order valence-corrected chi connectivity index (χ3v) is 5.83. The molecule has 3 aromatic rings. The van der Waals surface area contributed by atoms with E-state index in [1.54, 1.807) is 16.2 Å². The molecule has 27 heavy (non-hydrogen) atoms. The molecule has 0 spiro atoms. The molecule has 5 nitrogen and oxygen atoms in total. The molecule has 1 aliphatic rings. The third kappa shape index (κ3) is 4.34. The van der Waals surface area contributed by atoms with Gasteiger partial charge >= 0.3 is 6.09 Å². The Hall–Kier alpha value is -2.73. The normalized spacial score (nSPS) is 16.9. The van der Waals surface area contributed by atoms with Crippen LogP contribution in [0.1, 0.15) is 29.3 Å². The van der Waals surface area contributed by atoms with Crippen molar-refractivity contribution in [2.45, 2.75) is 25.4 Å². The van der Waals surface area contributed by atoms with Crippen molar-refractivity contribution in [2.75, 3.05) is 13.1 Å². The molecular formula is C21H21N3O2S. The summed E-state index contributed by atoms with van der Waals surface area (Å²) < 4.78 is 5.48. The predicted octanol–water partition coefficient (Wildman–Crippen LogP) is 4.72. The van der Waals surface area contributed by atoms with E-state index in [1.807, 2.05) is 60.7 Å². The fourth-order valence-electron chi connectivity index (χ4n) is 3.25. The van der Waals surface area contributed by atoms with Crippen molar-refractivity contribution in [1.29, 1.82) is 0 Å². The van der Waals surface area contributed by atoms with Gasteiger partial charge in [0.05, 0.1) is 0 Å². The minimum Gasteiger partial charge on any atom is -0.445 e. The standard InChI is InChI=1S/C21H21N3O2S/c25-21(26-15-16-8-3-1-4-9-16)24-13-7-12-18(14-24)20-23-22-19(27-20)17-10-5-2-6-11-17/h1-6,8-11,18H,7,12-15H2. The minimum absolute atomic E-state index is 0.220. The smallest absolute Gasteiger partial charge is 0.410 e. The van der Waals surface area contributed by atoms with E-state index in [1.165, 1.54) is 0 Å². The number of amides is 1. The second-order valence-electron chi connectivity index (χ2n) is 6.64. The summed E-state index contributed by atoms with van der Waals surface area (Å²) in [4.78, 5) is 14.2. The minimum atomic E-state index is -0.253. The van der Waals surface area contributed by atoms with Crippen LogP contribution in [0.4, 0.5) is 4.79 Å². The molecule has 1 unspecified atom stereocenters. The molecule has 1 amide bonds. The number of rotatable bonds is 4. The molecule has 2 aromatic carbocycles. The van der Waals surface area contributed by atoms with Crippen LogP contribution in [0.3, 0.4) is 0 Å². The fraction of sp³-hybridized carbons (Fsp3) is 0.286. The number of piperidine rings is 1. The maximum atomic E-state index is 12.4. The van der Waals surface area contributed by atoms with Gasteiger partial charge in [-0.3, -0.25) is 0 Å². The van der Waals surface area contributed by atoms with Gasteiger partial charge in [0.2, 0.25) is 0 Å². The Morgan fingerprint density at radius 3 is 2.59 bits per heavy atom. The Labute approximate surface area is 162 Å². The van der Waals surface area contributed by atoms with Crippen molar-refractivity contribution in [2.24, 2.45) is 0 Å². The van der Waals surface area contributed by atoms with Gasteiger partial charge in [0.25, 0.3) is 0 Å². The summed E-state index contributed by atoms with van der Waals surface area (Å²) in [6.07, 6.45) is 1.72. The van der Waals surface area contributed by atoms with E-state index in [0.29, 0.717) is 13.2 Å². The first-order valence-corrected chi connectivity index (χ1v) is 9.96. The van der Waals surface area contributed by atoms with Crippen LogP contribution in [0.15, 0.2) is 60.7 Å². The van der Waals surface area contributed by atoms with Gasteiger partial charge in [-0.25, -0.2) is 4.79 Å². The van der Waals surface area contributed by atoms with Gasteiger partial charge in [-0.2, -0.15) is 0 Å². The molecule has 0 bridgehead atoms. The van der Waals surface area contributed by atoms with E-state index in [9.17, 15) is 4.79 Å². The molecule has 1 aliphatic heterocycles. The Bertz CT molecular complexity index is 883. The van der Waals surface area contributed by atoms with Gasteiger partial charge in [-0.15, -0.1) is 10.2 Å². The van der Waals surface area contributed by atoms with E-state index in [2.05, 4.69) is 10.2 Å². The average Bonchev–Trinajstić information content (AvgIpc) is 3.24. The highest BCUT2D eigenvalue weighted by Gasteiger charge is 2.28. The maximum Gasteiger partial charge on any atom is 0.410 e. The zero-order valence-electron chi connectivity index (χ0n) is 15.0. The molecule has 0 N–H and O–H groups in total. The number of carbonyl (C=O) groups is 1. The lowest BCUT2D eigenvalue weighted by atomic mass is 9.99. The summed E-state index contributed by atoms with van der Waals surface area (Å²) in [5, 5.41) is 10.7. The first-order valence-electron chi connectivity index (χ1n) is 9.14. The Balaban J connectivity index is 1.38. The molecule has 0 saturated carbocycles. The topological polar surface area (TPSA) is 55.3 Å². The van der Waals surface area contributed by atoms with E-state index < -0.39 is 0 Å². The molecule has 2 heterocycles. The Morgan fingerprint density at radius 2 is 1.81 bits per heavy atom. The molecular weight excluding hydrogens is 358 g/mol. The van der Waals surface area contributed by atoms with Crippen LogP contribution in [0.2, 0.25) is 0 Å². The van der Waals surface area contributed by atoms with Crippen molar-refractivity contribution in [3.63, 3.8) is 0 Å². The summed E-state index contributed by atoms with van der Waals surface area (Å²) >= 11 is 1.62. The zero-order valence-corrected chi connectivity index (χ0v) is 15.8. The van der Waals surface area contributed by atoms with E-state index in [0.717, 1.165) is 40.5 Å². The van der Waals surface area contributed by atoms with Crippen molar-refractivity contribution in [1.82, 2.24) is 15.1 Å². The monoisotopic (exact) mass is 379 g/mol. The van der Waals surface area contributed by atoms with Crippen molar-refractivity contribution < 1.29 is 9.53 Å². The first-order chi connectivity index (χ1) is 13.3. The van der Waals surface area contributed by atoms with E-state index in [-0.39, 0.29) is 12.0 Å². The van der Waals surface area contributed by atoms with Crippen molar-refractivity contribution in [3.8, 4) is 10.6 Å². The van der Waals surface area contributed by atoms with Crippen LogP contribution in [-0.2, 0) is 11.3 Å². The lowest BCUT2D eigenvalue weighted by molar-refractivity contribution is 0.0858. The quantitative estimate of drug-likeness (QED) is 0.658. The number of ether oxygens (including phenoxy) is 1. The molecule has 1 fully saturated rings. The van der Waals surface area contributed by atoms with Crippen molar-refractivity contribution in [3.05, 3.63) is 71.2 Å². The molecule has 1 atom stereocenters. The number of hydrogen-bond acceptors (Lipinski definition) is 5. The highest BCUT2D eigenvalue weighted by molar-refractivity contribution is 7.14. The molecule has 138 valence electrons. The third-order valence-electron chi connectivity index (χ3n) is 4.70. The van der Waals surface area contributed by atoms with Gasteiger partial charge in [0.15, 0.2) is 0 Å². The molecule has 4 rings (SSSR count). The van der Waals surface area contributed by atoms with Gasteiger partial charge in [-0.05, 0) is 18.4 Å². The van der Waals surface area contributed by atoms with Crippen molar-refractivity contribution >= 4 is 17.4 Å². The lowest BCUT2D eigenvalue weighted by Gasteiger charge is -2.30. The summed E-state index contributed by atoms with van der Waals surface area (Å²) in [7, 11) is 0. The van der Waals surface area contributed by atoms with E-state index >= 15 is 0 Å². The second kappa shape index (κ2) is 8.31. The molecule has 6 heteroatoms. The van der Waals surface area contributed by atoms with Crippen LogP contribution < -0.4 is 0 Å². The van der Waals surface area contributed by atoms with Crippen LogP contribution in [0, 0.1) is 0 Å². The highest BCUT2D eigenvalue weighted by atomic mass is 32.1. The number of aromatic nitrogens is 2. The Morgan fingerprint density at radius 1 is 1.07 bits per heavy atom. The van der Waals surface area contributed by atoms with Gasteiger partial charge in [-0.1, -0.05) is 72.0 Å². The first kappa shape index (κ1) is 17.7. The summed E-state index contributed by atoms with van der Waals surface area (Å²) in [5.41, 5.74) is 2.08. The highest BCUT2D eigenvalue weighted by Crippen LogP contribution is 2.32. The fourth-order valence-corrected chi connectivity index (χ4v) is 4.23. The number of carbonyl (C=O) groups excluding carboxylic acids is 1. The number of likely N-dealkylation sites (tertiary alicyclic amines) is 1. The number of benzene rings is 2. The van der Waals surface area contributed by atoms with Crippen LogP contribution >= 0.6 is 11.3 Å². The van der Waals surface area contributed by atoms with Crippen LogP contribution in [-0.4, -0.2) is 34.3 Å². The molecule has 0 aliphatic carbocycles. The average molecular weight is 379 g/mol. The largest absolute Gasteiger partial charge is 0.445 e. The van der Waals surface area contributed by atoms with Gasteiger partial charge in [0.1, 0.15) is 16.6 Å². The summed E-state index contributed by atoms with van der Waals surface area (Å²) in [6.45, 7) is 1.67. The Kier molecular flexibility index (Phi) is 5.44. The SMILES string of the molecule is O=C(OCc1ccccc1)N1CCCC(c2nnc(-c3ccccc3)s2)C1.